The minimum atomic E-state index is -3.98. The molecule has 3 aromatic rings. The molecule has 3 rings (SSSR count). The molecule has 0 spiro atoms. The molecule has 21 heavy (non-hydrogen) atoms. The van der Waals surface area contributed by atoms with Gasteiger partial charge in [0.05, 0.1) is 17.4 Å². The summed E-state index contributed by atoms with van der Waals surface area (Å²) in [5, 5.41) is 3.63. The summed E-state index contributed by atoms with van der Waals surface area (Å²) < 4.78 is 36.4. The van der Waals surface area contributed by atoms with Crippen molar-refractivity contribution in [1.29, 1.82) is 0 Å². The van der Waals surface area contributed by atoms with E-state index in [1.807, 2.05) is 11.6 Å². The van der Waals surface area contributed by atoms with Crippen LogP contribution in [0, 0.1) is 13.8 Å². The molecule has 0 saturated heterocycles. The van der Waals surface area contributed by atoms with Gasteiger partial charge < -0.3 is 13.3 Å². The predicted octanol–water partition coefficient (Wildman–Crippen LogP) is 1.95. The highest BCUT2D eigenvalue weighted by molar-refractivity contribution is 7.87. The van der Waals surface area contributed by atoms with E-state index in [1.165, 1.54) is 6.92 Å². The molecule has 0 bridgehead atoms. The number of hydrogen-bond acceptors (Lipinski definition) is 6. The van der Waals surface area contributed by atoms with Gasteiger partial charge in [-0.05, 0) is 26.0 Å². The highest BCUT2D eigenvalue weighted by atomic mass is 32.2. The normalized spacial score (nSPS) is 12.0. The zero-order valence-electron chi connectivity index (χ0n) is 11.7. The Morgan fingerprint density at radius 1 is 1.29 bits per heavy atom. The molecule has 0 fully saturated rings. The van der Waals surface area contributed by atoms with Crippen LogP contribution in [0.4, 0.5) is 0 Å². The summed E-state index contributed by atoms with van der Waals surface area (Å²) in [6.07, 6.45) is 1.65. The summed E-state index contributed by atoms with van der Waals surface area (Å²) >= 11 is 0. The molecule has 0 atom stereocenters. The fourth-order valence-corrected chi connectivity index (χ4v) is 3.40. The summed E-state index contributed by atoms with van der Waals surface area (Å²) in [5.74, 6) is 0.396. The highest BCUT2D eigenvalue weighted by Gasteiger charge is 2.26. The zero-order valence-corrected chi connectivity index (χ0v) is 12.5. The highest BCUT2D eigenvalue weighted by Crippen LogP contribution is 2.26. The largest absolute Gasteiger partial charge is 0.379 e. The first-order chi connectivity index (χ1) is 9.88. The number of imidazole rings is 1. The molecule has 0 saturated carbocycles. The first kappa shape index (κ1) is 13.6. The van der Waals surface area contributed by atoms with E-state index in [0.29, 0.717) is 5.52 Å². The maximum atomic E-state index is 12.3. The first-order valence-electron chi connectivity index (χ1n) is 6.17. The topological polar surface area (TPSA) is 87.2 Å². The van der Waals surface area contributed by atoms with Gasteiger partial charge in [0.2, 0.25) is 0 Å². The van der Waals surface area contributed by atoms with Crippen LogP contribution in [-0.2, 0) is 17.2 Å². The van der Waals surface area contributed by atoms with E-state index in [0.717, 1.165) is 5.52 Å². The zero-order chi connectivity index (χ0) is 15.2. The molecule has 0 aliphatic heterocycles. The number of aryl methyl sites for hydroxylation is 3. The second-order valence-corrected chi connectivity index (χ2v) is 6.18. The van der Waals surface area contributed by atoms with Gasteiger partial charge in [0.25, 0.3) is 0 Å². The molecular weight excluding hydrogens is 294 g/mol. The van der Waals surface area contributed by atoms with Crippen molar-refractivity contribution in [2.75, 3.05) is 0 Å². The Bertz CT molecular complexity index is 905. The average Bonchev–Trinajstić information content (AvgIpc) is 2.93. The Labute approximate surface area is 121 Å². The Balaban J connectivity index is 2.01. The maximum Gasteiger partial charge on any atom is 0.344 e. The van der Waals surface area contributed by atoms with E-state index in [2.05, 4.69) is 10.1 Å². The lowest BCUT2D eigenvalue weighted by atomic mass is 10.3. The molecule has 0 aliphatic rings. The van der Waals surface area contributed by atoms with Gasteiger partial charge in [-0.15, -0.1) is 0 Å². The molecule has 0 radical (unpaired) electrons. The van der Waals surface area contributed by atoms with E-state index in [1.54, 1.807) is 31.5 Å². The van der Waals surface area contributed by atoms with Crippen LogP contribution in [0.15, 0.2) is 33.9 Å². The number of benzene rings is 1. The molecule has 0 N–H and O–H groups in total. The van der Waals surface area contributed by atoms with Gasteiger partial charge in [0.1, 0.15) is 11.4 Å². The number of fused-ring (bicyclic) bond motifs is 1. The SMILES string of the molecule is Cc1noc(C)c1S(=O)(=O)Oc1ccc2c(c1)ncn2C. The van der Waals surface area contributed by atoms with Crippen molar-refractivity contribution in [3.63, 3.8) is 0 Å². The van der Waals surface area contributed by atoms with Crippen LogP contribution in [-0.4, -0.2) is 23.1 Å². The third-order valence-corrected chi connectivity index (χ3v) is 4.62. The van der Waals surface area contributed by atoms with Crippen molar-refractivity contribution in [2.45, 2.75) is 18.7 Å². The van der Waals surface area contributed by atoms with Crippen LogP contribution in [0.1, 0.15) is 11.5 Å². The van der Waals surface area contributed by atoms with Gasteiger partial charge >= 0.3 is 10.1 Å². The maximum absolute atomic E-state index is 12.3. The van der Waals surface area contributed by atoms with Crippen LogP contribution < -0.4 is 4.18 Å². The van der Waals surface area contributed by atoms with E-state index in [9.17, 15) is 8.42 Å². The third kappa shape index (κ3) is 2.27. The monoisotopic (exact) mass is 307 g/mol. The summed E-state index contributed by atoms with van der Waals surface area (Å²) in [5.41, 5.74) is 1.81. The van der Waals surface area contributed by atoms with Crippen molar-refractivity contribution in [3.8, 4) is 5.75 Å². The minimum absolute atomic E-state index is 0.0383. The van der Waals surface area contributed by atoms with Gasteiger partial charge in [-0.25, -0.2) is 4.98 Å². The number of nitrogens with zero attached hydrogens (tertiary/aromatic N) is 3. The molecular formula is C13H13N3O4S. The van der Waals surface area contributed by atoms with Crippen molar-refractivity contribution in [3.05, 3.63) is 36.0 Å². The van der Waals surface area contributed by atoms with Gasteiger partial charge in [0.15, 0.2) is 10.7 Å². The van der Waals surface area contributed by atoms with Crippen molar-refractivity contribution in [1.82, 2.24) is 14.7 Å². The predicted molar refractivity (Wildman–Crippen MR) is 74.5 cm³/mol. The van der Waals surface area contributed by atoms with Crippen molar-refractivity contribution < 1.29 is 17.1 Å². The smallest absolute Gasteiger partial charge is 0.344 e. The van der Waals surface area contributed by atoms with Crippen LogP contribution in [0.2, 0.25) is 0 Å². The number of rotatable bonds is 3. The van der Waals surface area contributed by atoms with Gasteiger partial charge in [-0.2, -0.15) is 8.42 Å². The van der Waals surface area contributed by atoms with Crippen LogP contribution in [0.5, 0.6) is 5.75 Å². The molecule has 110 valence electrons. The van der Waals surface area contributed by atoms with Crippen LogP contribution in [0.3, 0.4) is 0 Å². The molecule has 1 aromatic carbocycles. The quantitative estimate of drug-likeness (QED) is 0.687. The summed E-state index contributed by atoms with van der Waals surface area (Å²) in [6, 6.07) is 4.91. The Morgan fingerprint density at radius 3 is 2.71 bits per heavy atom. The first-order valence-corrected chi connectivity index (χ1v) is 7.58. The molecule has 7 nitrogen and oxygen atoms in total. The second kappa shape index (κ2) is 4.59. The average molecular weight is 307 g/mol. The summed E-state index contributed by atoms with van der Waals surface area (Å²) in [4.78, 5) is 4.13. The van der Waals surface area contributed by atoms with E-state index in [4.69, 9.17) is 8.71 Å². The Hall–Kier alpha value is -2.35. The van der Waals surface area contributed by atoms with Crippen LogP contribution in [0.25, 0.3) is 11.0 Å². The summed E-state index contributed by atoms with van der Waals surface area (Å²) in [6.45, 7) is 3.08. The standard InChI is InChI=1S/C13H13N3O4S/c1-8-13(9(2)19-15-8)21(17,18)20-10-4-5-12-11(6-10)14-7-16(12)3/h4-7H,1-3H3. The van der Waals surface area contributed by atoms with E-state index < -0.39 is 10.1 Å². The third-order valence-electron chi connectivity index (χ3n) is 3.12. The van der Waals surface area contributed by atoms with Crippen molar-refractivity contribution in [2.24, 2.45) is 7.05 Å². The lowest BCUT2D eigenvalue weighted by Gasteiger charge is -2.06. The van der Waals surface area contributed by atoms with Crippen molar-refractivity contribution >= 4 is 21.2 Å². The van der Waals surface area contributed by atoms with E-state index in [-0.39, 0.29) is 22.1 Å². The molecule has 0 amide bonds. The summed E-state index contributed by atoms with van der Waals surface area (Å²) in [7, 11) is -2.13. The fraction of sp³-hybridized carbons (Fsp3) is 0.231. The number of hydrogen-bond donors (Lipinski definition) is 0. The lowest BCUT2D eigenvalue weighted by Crippen LogP contribution is -2.11. The molecule has 0 aliphatic carbocycles. The van der Waals surface area contributed by atoms with Gasteiger partial charge in [-0.3, -0.25) is 0 Å². The van der Waals surface area contributed by atoms with Gasteiger partial charge in [-0.1, -0.05) is 5.16 Å². The number of aromatic nitrogens is 3. The fourth-order valence-electron chi connectivity index (χ4n) is 2.17. The Morgan fingerprint density at radius 2 is 2.05 bits per heavy atom. The van der Waals surface area contributed by atoms with Crippen LogP contribution >= 0.6 is 0 Å². The molecule has 2 aromatic heterocycles. The van der Waals surface area contributed by atoms with E-state index >= 15 is 0 Å². The molecule has 0 unspecified atom stereocenters. The molecule has 8 heteroatoms. The second-order valence-electron chi connectivity index (χ2n) is 4.70. The lowest BCUT2D eigenvalue weighted by molar-refractivity contribution is 0.390. The Kier molecular flexibility index (Phi) is 2.98. The van der Waals surface area contributed by atoms with Gasteiger partial charge in [0, 0.05) is 13.1 Å². The molecule has 2 heterocycles. The minimum Gasteiger partial charge on any atom is -0.379 e.